The highest BCUT2D eigenvalue weighted by atomic mass is 79.9. The van der Waals surface area contributed by atoms with E-state index < -0.39 is 37.7 Å². The van der Waals surface area contributed by atoms with Crippen molar-refractivity contribution in [2.24, 2.45) is 5.92 Å². The maximum absolute atomic E-state index is 13.8. The van der Waals surface area contributed by atoms with E-state index in [4.69, 9.17) is 0 Å². The van der Waals surface area contributed by atoms with Crippen LogP contribution in [0.4, 0.5) is 30.7 Å². The van der Waals surface area contributed by atoms with Crippen molar-refractivity contribution in [2.75, 3.05) is 6.26 Å². The van der Waals surface area contributed by atoms with Gasteiger partial charge in [0.1, 0.15) is 0 Å². The van der Waals surface area contributed by atoms with Crippen LogP contribution in [-0.4, -0.2) is 27.3 Å². The molecule has 0 aromatic rings. The van der Waals surface area contributed by atoms with Crippen LogP contribution in [0.3, 0.4) is 0 Å². The molecule has 128 valence electrons. The van der Waals surface area contributed by atoms with Crippen molar-refractivity contribution < 1.29 is 30.7 Å². The molecule has 0 N–H and O–H groups in total. The number of halogens is 9. The van der Waals surface area contributed by atoms with E-state index >= 15 is 0 Å². The normalized spacial score (nSPS) is 27.5. The number of thioether (sulfide) groups is 2. The zero-order valence-corrected chi connectivity index (χ0v) is 15.8. The van der Waals surface area contributed by atoms with Gasteiger partial charge in [-0.3, -0.25) is 0 Å². The van der Waals surface area contributed by atoms with Gasteiger partial charge in [0.25, 0.3) is 0 Å². The largest absolute Gasteiger partial charge is 0.441 e. The Hall–Kier alpha value is 0.650. The molecule has 1 aliphatic rings. The van der Waals surface area contributed by atoms with Crippen molar-refractivity contribution in [3.8, 4) is 0 Å². The molecule has 2 atom stereocenters. The van der Waals surface area contributed by atoms with E-state index in [1.54, 1.807) is 13.2 Å². The van der Waals surface area contributed by atoms with Crippen LogP contribution in [-0.2, 0) is 0 Å². The van der Waals surface area contributed by atoms with E-state index in [0.717, 1.165) is 12.2 Å². The third-order valence-electron chi connectivity index (χ3n) is 2.92. The van der Waals surface area contributed by atoms with Crippen molar-refractivity contribution in [2.45, 2.75) is 27.9 Å². The topological polar surface area (TPSA) is 0 Å². The van der Waals surface area contributed by atoms with Crippen LogP contribution in [0, 0.1) is 5.92 Å². The lowest BCUT2D eigenvalue weighted by atomic mass is 10.0. The molecule has 0 saturated heterocycles. The van der Waals surface area contributed by atoms with Crippen LogP contribution in [0.1, 0.15) is 6.92 Å². The zero-order valence-electron chi connectivity index (χ0n) is 11.0. The summed E-state index contributed by atoms with van der Waals surface area (Å²) < 4.78 is 88.9. The quantitative estimate of drug-likeness (QED) is 0.311. The van der Waals surface area contributed by atoms with Crippen LogP contribution in [0.2, 0.25) is 0 Å². The monoisotopic (exact) mass is 496 g/mol. The Kier molecular flexibility index (Phi) is 6.13. The summed E-state index contributed by atoms with van der Waals surface area (Å²) in [6.45, 7) is 1.72. The molecular formula is C11H9Br2F7S2. The highest BCUT2D eigenvalue weighted by molar-refractivity contribution is 9.12. The first-order chi connectivity index (χ1) is 9.68. The molecule has 0 amide bonds. The second-order valence-electron chi connectivity index (χ2n) is 4.39. The molecule has 0 aliphatic heterocycles. The van der Waals surface area contributed by atoms with Gasteiger partial charge in [0.2, 0.25) is 0 Å². The van der Waals surface area contributed by atoms with Gasteiger partial charge in [-0.2, -0.15) is 26.3 Å². The minimum Gasteiger partial charge on any atom is -0.211 e. The summed E-state index contributed by atoms with van der Waals surface area (Å²) >= 11 is 6.64. The van der Waals surface area contributed by atoms with E-state index in [-0.39, 0.29) is 5.92 Å². The summed E-state index contributed by atoms with van der Waals surface area (Å²) in [6, 6.07) is 0. The predicted molar refractivity (Wildman–Crippen MR) is 83.0 cm³/mol. The Morgan fingerprint density at radius 2 is 1.55 bits per heavy atom. The molecule has 2 unspecified atom stereocenters. The summed E-state index contributed by atoms with van der Waals surface area (Å²) in [7, 11) is 0. The standard InChI is InChI=1S/C11H9Br2F7S2/c1-5-7(12)3-6(4-8(5,13)21-2)22-9(14,10(15,16)17)11(18,19)20/h3-5H,1-2H3. The number of hydrogen-bond donors (Lipinski definition) is 0. The van der Waals surface area contributed by atoms with Gasteiger partial charge >= 0.3 is 17.4 Å². The molecule has 22 heavy (non-hydrogen) atoms. The molecule has 0 saturated carbocycles. The van der Waals surface area contributed by atoms with Gasteiger partial charge in [0.05, 0.1) is 3.66 Å². The summed E-state index contributed by atoms with van der Waals surface area (Å²) in [6.07, 6.45) is -8.32. The summed E-state index contributed by atoms with van der Waals surface area (Å²) in [5, 5.41) is -5.37. The smallest absolute Gasteiger partial charge is 0.211 e. The average Bonchev–Trinajstić information content (AvgIpc) is 2.33. The Bertz CT molecular complexity index is 484. The summed E-state index contributed by atoms with van der Waals surface area (Å²) in [4.78, 5) is -0.464. The minimum absolute atomic E-state index is 0.252. The van der Waals surface area contributed by atoms with Crippen molar-refractivity contribution in [1.82, 2.24) is 0 Å². The number of hydrogen-bond acceptors (Lipinski definition) is 2. The predicted octanol–water partition coefficient (Wildman–Crippen LogP) is 6.78. The van der Waals surface area contributed by atoms with E-state index in [2.05, 4.69) is 31.9 Å². The third-order valence-corrected chi connectivity index (χ3v) is 8.04. The van der Waals surface area contributed by atoms with Gasteiger partial charge in [0, 0.05) is 15.3 Å². The molecule has 0 aromatic carbocycles. The number of alkyl halides is 8. The highest BCUT2D eigenvalue weighted by Gasteiger charge is 2.73. The second kappa shape index (κ2) is 6.51. The molecule has 11 heteroatoms. The average molecular weight is 498 g/mol. The van der Waals surface area contributed by atoms with Crippen LogP contribution in [0.15, 0.2) is 21.5 Å². The Balaban J connectivity index is 3.29. The Labute approximate surface area is 147 Å². The maximum Gasteiger partial charge on any atom is 0.441 e. The minimum atomic E-state index is -6.09. The zero-order chi connectivity index (χ0) is 17.6. The molecule has 1 rings (SSSR count). The van der Waals surface area contributed by atoms with Crippen LogP contribution in [0.25, 0.3) is 0 Å². The fourth-order valence-corrected chi connectivity index (χ4v) is 5.19. The lowest BCUT2D eigenvalue weighted by molar-refractivity contribution is -0.302. The van der Waals surface area contributed by atoms with Crippen LogP contribution < -0.4 is 0 Å². The summed E-state index contributed by atoms with van der Waals surface area (Å²) in [5.74, 6) is -0.252. The first-order valence-electron chi connectivity index (χ1n) is 5.53. The molecule has 0 aromatic heterocycles. The van der Waals surface area contributed by atoms with Crippen LogP contribution >= 0.6 is 55.4 Å². The lowest BCUT2D eigenvalue weighted by Gasteiger charge is -2.35. The maximum atomic E-state index is 13.8. The van der Waals surface area contributed by atoms with Gasteiger partial charge in [-0.1, -0.05) is 50.5 Å². The van der Waals surface area contributed by atoms with Crippen molar-refractivity contribution in [3.63, 3.8) is 0 Å². The van der Waals surface area contributed by atoms with E-state index in [1.807, 2.05) is 0 Å². The van der Waals surface area contributed by atoms with E-state index in [1.165, 1.54) is 11.8 Å². The number of rotatable bonds is 3. The molecule has 0 spiro atoms. The number of allylic oxidation sites excluding steroid dienone is 2. The fraction of sp³-hybridized carbons (Fsp3) is 0.636. The summed E-state index contributed by atoms with van der Waals surface area (Å²) in [5.41, 5.74) is 0. The Morgan fingerprint density at radius 3 is 1.91 bits per heavy atom. The van der Waals surface area contributed by atoms with E-state index in [9.17, 15) is 30.7 Å². The molecule has 1 aliphatic carbocycles. The van der Waals surface area contributed by atoms with Gasteiger partial charge in [-0.05, 0) is 18.4 Å². The van der Waals surface area contributed by atoms with Crippen LogP contribution in [0.5, 0.6) is 0 Å². The van der Waals surface area contributed by atoms with Gasteiger partial charge in [0.15, 0.2) is 0 Å². The molecule has 0 fully saturated rings. The first-order valence-corrected chi connectivity index (χ1v) is 9.16. The van der Waals surface area contributed by atoms with E-state index in [0.29, 0.717) is 4.48 Å². The van der Waals surface area contributed by atoms with Gasteiger partial charge < -0.3 is 0 Å². The van der Waals surface area contributed by atoms with Crippen molar-refractivity contribution >= 4 is 55.4 Å². The lowest BCUT2D eigenvalue weighted by Crippen LogP contribution is -2.50. The molecule has 0 radical (unpaired) electrons. The molecular weight excluding hydrogens is 489 g/mol. The molecule has 0 heterocycles. The third kappa shape index (κ3) is 3.83. The molecule has 0 bridgehead atoms. The highest BCUT2D eigenvalue weighted by Crippen LogP contribution is 2.58. The van der Waals surface area contributed by atoms with Gasteiger partial charge in [-0.15, -0.1) is 11.8 Å². The first kappa shape index (κ1) is 20.7. The second-order valence-corrected chi connectivity index (χ2v) is 9.47. The Morgan fingerprint density at radius 1 is 1.09 bits per heavy atom. The van der Waals surface area contributed by atoms with Crippen molar-refractivity contribution in [1.29, 1.82) is 0 Å². The molecule has 0 nitrogen and oxygen atoms in total. The van der Waals surface area contributed by atoms with Crippen molar-refractivity contribution in [3.05, 3.63) is 21.5 Å². The fourth-order valence-electron chi connectivity index (χ4n) is 1.54. The van der Waals surface area contributed by atoms with Gasteiger partial charge in [-0.25, -0.2) is 4.39 Å². The SMILES string of the molecule is CSC1(Br)C=C(SC(F)(C(F)(F)F)C(F)(F)F)C=C(Br)C1C.